The zero-order chi connectivity index (χ0) is 14.8. The highest BCUT2D eigenvalue weighted by molar-refractivity contribution is 6.08. The van der Waals surface area contributed by atoms with Crippen molar-refractivity contribution < 1.29 is 14.4 Å². The lowest BCUT2D eigenvalue weighted by atomic mass is 10.1. The number of imide groups is 1. The maximum atomic E-state index is 12.0. The average Bonchev–Trinajstić information content (AvgIpc) is 2.58. The third-order valence-corrected chi connectivity index (χ3v) is 3.97. The van der Waals surface area contributed by atoms with Gasteiger partial charge >= 0.3 is 6.03 Å². The third kappa shape index (κ3) is 3.29. The van der Waals surface area contributed by atoms with Gasteiger partial charge in [-0.3, -0.25) is 14.5 Å². The van der Waals surface area contributed by atoms with E-state index in [4.69, 9.17) is 0 Å². The molecule has 112 valence electrons. The fourth-order valence-electron chi connectivity index (χ4n) is 2.80. The molecule has 2 fully saturated rings. The molecule has 0 aromatic carbocycles. The van der Waals surface area contributed by atoms with Gasteiger partial charge in [0.15, 0.2) is 0 Å². The van der Waals surface area contributed by atoms with E-state index in [0.29, 0.717) is 0 Å². The Morgan fingerprint density at radius 3 is 2.35 bits per heavy atom. The Bertz CT molecular complexity index is 412. The van der Waals surface area contributed by atoms with E-state index in [0.717, 1.165) is 30.6 Å². The van der Waals surface area contributed by atoms with Crippen molar-refractivity contribution in [1.29, 1.82) is 0 Å². The molecular formula is C14H23N3O3. The molecule has 1 heterocycles. The van der Waals surface area contributed by atoms with Crippen LogP contribution >= 0.6 is 0 Å². The number of hydrogen-bond donors (Lipinski definition) is 2. The Hall–Kier alpha value is -1.59. The van der Waals surface area contributed by atoms with Gasteiger partial charge in [-0.05, 0) is 26.7 Å². The Labute approximate surface area is 119 Å². The number of amides is 4. The predicted octanol–water partition coefficient (Wildman–Crippen LogP) is 1.16. The summed E-state index contributed by atoms with van der Waals surface area (Å²) in [5.41, 5.74) is -0.917. The third-order valence-electron chi connectivity index (χ3n) is 3.97. The summed E-state index contributed by atoms with van der Waals surface area (Å²) in [6.45, 7) is 3.08. The van der Waals surface area contributed by atoms with Gasteiger partial charge in [0.25, 0.3) is 5.91 Å². The second-order valence-electron chi connectivity index (χ2n) is 6.20. The van der Waals surface area contributed by atoms with Crippen molar-refractivity contribution in [3.63, 3.8) is 0 Å². The molecule has 4 amide bonds. The lowest BCUT2D eigenvalue weighted by Crippen LogP contribution is -2.45. The van der Waals surface area contributed by atoms with Gasteiger partial charge < -0.3 is 10.6 Å². The van der Waals surface area contributed by atoms with Gasteiger partial charge in [0, 0.05) is 6.04 Å². The molecular weight excluding hydrogens is 258 g/mol. The maximum absolute atomic E-state index is 12.0. The largest absolute Gasteiger partial charge is 0.352 e. The van der Waals surface area contributed by atoms with Crippen LogP contribution in [0.5, 0.6) is 0 Å². The molecule has 0 aromatic heterocycles. The van der Waals surface area contributed by atoms with E-state index in [9.17, 15) is 14.4 Å². The average molecular weight is 281 g/mol. The highest BCUT2D eigenvalue weighted by Gasteiger charge is 2.44. The van der Waals surface area contributed by atoms with Gasteiger partial charge in [-0.15, -0.1) is 0 Å². The van der Waals surface area contributed by atoms with Crippen LogP contribution in [-0.2, 0) is 9.59 Å². The molecule has 0 bridgehead atoms. The Kier molecular flexibility index (Phi) is 4.30. The first kappa shape index (κ1) is 14.8. The van der Waals surface area contributed by atoms with E-state index < -0.39 is 11.6 Å². The highest BCUT2D eigenvalue weighted by Crippen LogP contribution is 2.18. The molecule has 0 atom stereocenters. The number of nitrogens with one attached hydrogen (secondary N) is 2. The van der Waals surface area contributed by atoms with Gasteiger partial charge in [0.1, 0.15) is 12.1 Å². The first-order valence-electron chi connectivity index (χ1n) is 7.33. The van der Waals surface area contributed by atoms with Crippen molar-refractivity contribution in [1.82, 2.24) is 15.5 Å². The predicted molar refractivity (Wildman–Crippen MR) is 74.0 cm³/mol. The second kappa shape index (κ2) is 5.81. The molecule has 6 heteroatoms. The van der Waals surface area contributed by atoms with Crippen LogP contribution in [0, 0.1) is 0 Å². The first-order valence-corrected chi connectivity index (χ1v) is 7.33. The number of carbonyl (C=O) groups is 3. The van der Waals surface area contributed by atoms with Crippen LogP contribution in [0.1, 0.15) is 52.4 Å². The van der Waals surface area contributed by atoms with Gasteiger partial charge in [0.05, 0.1) is 0 Å². The van der Waals surface area contributed by atoms with Crippen LogP contribution < -0.4 is 10.6 Å². The molecule has 1 saturated carbocycles. The number of hydrogen-bond acceptors (Lipinski definition) is 3. The topological polar surface area (TPSA) is 78.5 Å². The summed E-state index contributed by atoms with van der Waals surface area (Å²) in [6.07, 6.45) is 6.65. The Balaban J connectivity index is 1.88. The molecule has 1 aliphatic carbocycles. The van der Waals surface area contributed by atoms with E-state index in [-0.39, 0.29) is 24.4 Å². The molecule has 0 aromatic rings. The minimum atomic E-state index is -0.917. The van der Waals surface area contributed by atoms with Crippen molar-refractivity contribution in [2.24, 2.45) is 0 Å². The van der Waals surface area contributed by atoms with Crippen LogP contribution in [0.3, 0.4) is 0 Å². The van der Waals surface area contributed by atoms with Crippen LogP contribution in [0.2, 0.25) is 0 Å². The second-order valence-corrected chi connectivity index (χ2v) is 6.20. The van der Waals surface area contributed by atoms with E-state index >= 15 is 0 Å². The summed E-state index contributed by atoms with van der Waals surface area (Å²) in [7, 11) is 0. The SMILES string of the molecule is CC1(C)NC(=O)N(CC(=O)NC2CCCCCC2)C1=O. The molecule has 1 saturated heterocycles. The summed E-state index contributed by atoms with van der Waals surface area (Å²) in [6, 6.07) is -0.310. The van der Waals surface area contributed by atoms with Crippen molar-refractivity contribution in [2.45, 2.75) is 64.0 Å². The summed E-state index contributed by atoms with van der Waals surface area (Å²) in [5.74, 6) is -0.600. The number of carbonyl (C=O) groups excluding carboxylic acids is 3. The molecule has 2 N–H and O–H groups in total. The fourth-order valence-corrected chi connectivity index (χ4v) is 2.80. The van der Waals surface area contributed by atoms with E-state index in [1.807, 2.05) is 0 Å². The first-order chi connectivity index (χ1) is 9.40. The van der Waals surface area contributed by atoms with E-state index in [2.05, 4.69) is 10.6 Å². The van der Waals surface area contributed by atoms with E-state index in [1.54, 1.807) is 13.8 Å². The van der Waals surface area contributed by atoms with Gasteiger partial charge in [0.2, 0.25) is 5.91 Å². The van der Waals surface area contributed by atoms with Gasteiger partial charge in [-0.2, -0.15) is 0 Å². The number of rotatable bonds is 3. The van der Waals surface area contributed by atoms with Crippen molar-refractivity contribution in [3.8, 4) is 0 Å². The Morgan fingerprint density at radius 2 is 1.85 bits per heavy atom. The van der Waals surface area contributed by atoms with Crippen LogP contribution in [-0.4, -0.2) is 40.9 Å². The molecule has 0 spiro atoms. The van der Waals surface area contributed by atoms with Crippen LogP contribution in [0.25, 0.3) is 0 Å². The van der Waals surface area contributed by atoms with Crippen LogP contribution in [0.4, 0.5) is 4.79 Å². The summed E-state index contributed by atoms with van der Waals surface area (Å²) >= 11 is 0. The summed E-state index contributed by atoms with van der Waals surface area (Å²) in [5, 5.41) is 5.51. The molecule has 2 aliphatic rings. The minimum absolute atomic E-state index is 0.179. The van der Waals surface area contributed by atoms with E-state index in [1.165, 1.54) is 12.8 Å². The lowest BCUT2D eigenvalue weighted by Gasteiger charge is -2.19. The lowest BCUT2D eigenvalue weighted by molar-refractivity contribution is -0.134. The normalized spacial score (nSPS) is 23.4. The smallest absolute Gasteiger partial charge is 0.325 e. The molecule has 2 rings (SSSR count). The fraction of sp³-hybridized carbons (Fsp3) is 0.786. The molecule has 6 nitrogen and oxygen atoms in total. The number of urea groups is 1. The number of nitrogens with zero attached hydrogens (tertiary/aromatic N) is 1. The zero-order valence-electron chi connectivity index (χ0n) is 12.2. The van der Waals surface area contributed by atoms with Gasteiger partial charge in [-0.25, -0.2) is 4.79 Å². The molecule has 0 unspecified atom stereocenters. The van der Waals surface area contributed by atoms with Gasteiger partial charge in [-0.1, -0.05) is 25.7 Å². The maximum Gasteiger partial charge on any atom is 0.325 e. The molecule has 20 heavy (non-hydrogen) atoms. The molecule has 1 aliphatic heterocycles. The Morgan fingerprint density at radius 1 is 1.25 bits per heavy atom. The quantitative estimate of drug-likeness (QED) is 0.602. The minimum Gasteiger partial charge on any atom is -0.352 e. The standard InChI is InChI=1S/C14H23N3O3/c1-14(2)12(19)17(13(20)16-14)9-11(18)15-10-7-5-3-4-6-8-10/h10H,3-9H2,1-2H3,(H,15,18)(H,16,20). The van der Waals surface area contributed by atoms with Crippen LogP contribution in [0.15, 0.2) is 0 Å². The monoisotopic (exact) mass is 281 g/mol. The summed E-state index contributed by atoms with van der Waals surface area (Å²) in [4.78, 5) is 36.7. The zero-order valence-corrected chi connectivity index (χ0v) is 12.2. The van der Waals surface area contributed by atoms with Crippen molar-refractivity contribution >= 4 is 17.8 Å². The van der Waals surface area contributed by atoms with Crippen molar-refractivity contribution in [2.75, 3.05) is 6.54 Å². The summed E-state index contributed by atoms with van der Waals surface area (Å²) < 4.78 is 0. The van der Waals surface area contributed by atoms with Crippen molar-refractivity contribution in [3.05, 3.63) is 0 Å². The molecule has 0 radical (unpaired) electrons. The highest BCUT2D eigenvalue weighted by atomic mass is 16.2.